The van der Waals surface area contributed by atoms with Crippen LogP contribution in [0.15, 0.2) is 29.3 Å². The average Bonchev–Trinajstić information content (AvgIpc) is 2.47. The van der Waals surface area contributed by atoms with Gasteiger partial charge in [-0.25, -0.2) is 0 Å². The van der Waals surface area contributed by atoms with Crippen LogP contribution in [0.1, 0.15) is 32.8 Å². The number of benzene rings is 1. The van der Waals surface area contributed by atoms with E-state index in [1.165, 1.54) is 5.56 Å². The van der Waals surface area contributed by atoms with E-state index in [1.54, 1.807) is 14.2 Å². The van der Waals surface area contributed by atoms with Crippen molar-refractivity contribution >= 4 is 5.96 Å². The van der Waals surface area contributed by atoms with E-state index in [1.807, 2.05) is 12.1 Å². The van der Waals surface area contributed by atoms with Gasteiger partial charge in [-0.2, -0.15) is 0 Å². The normalized spacial score (nSPS) is 12.2. The SMILES string of the molecule is CCCNC(=NC)NCC(C)(C)c1cccc(OC)c1. The van der Waals surface area contributed by atoms with Crippen molar-refractivity contribution in [1.29, 1.82) is 0 Å². The summed E-state index contributed by atoms with van der Waals surface area (Å²) < 4.78 is 5.29. The number of rotatable bonds is 6. The molecule has 0 atom stereocenters. The van der Waals surface area contributed by atoms with E-state index in [9.17, 15) is 0 Å². The summed E-state index contributed by atoms with van der Waals surface area (Å²) in [7, 11) is 3.49. The number of methoxy groups -OCH3 is 1. The van der Waals surface area contributed by atoms with E-state index < -0.39 is 0 Å². The van der Waals surface area contributed by atoms with Crippen LogP contribution in [-0.2, 0) is 5.41 Å². The van der Waals surface area contributed by atoms with E-state index in [0.29, 0.717) is 0 Å². The fourth-order valence-corrected chi connectivity index (χ4v) is 1.91. The van der Waals surface area contributed by atoms with Crippen molar-refractivity contribution in [3.8, 4) is 5.75 Å². The number of hydrogen-bond donors (Lipinski definition) is 2. The molecule has 0 aliphatic rings. The number of aliphatic imine (C=N–C) groups is 1. The molecule has 0 bridgehead atoms. The summed E-state index contributed by atoms with van der Waals surface area (Å²) in [6.45, 7) is 8.30. The molecular formula is C16H27N3O. The predicted molar refractivity (Wildman–Crippen MR) is 85.7 cm³/mol. The summed E-state index contributed by atoms with van der Waals surface area (Å²) in [4.78, 5) is 4.23. The zero-order chi connectivity index (χ0) is 15.0. The average molecular weight is 277 g/mol. The second kappa shape index (κ2) is 7.78. The molecule has 1 rings (SSSR count). The van der Waals surface area contributed by atoms with Gasteiger partial charge >= 0.3 is 0 Å². The molecular weight excluding hydrogens is 250 g/mol. The first-order chi connectivity index (χ1) is 9.53. The number of ether oxygens (including phenoxy) is 1. The van der Waals surface area contributed by atoms with Crippen LogP contribution in [0.3, 0.4) is 0 Å². The lowest BCUT2D eigenvalue weighted by Crippen LogP contribution is -2.43. The molecule has 1 aromatic rings. The molecule has 2 N–H and O–H groups in total. The van der Waals surface area contributed by atoms with Crippen LogP contribution in [0.4, 0.5) is 0 Å². The molecule has 0 unspecified atom stereocenters. The third-order valence-corrected chi connectivity index (χ3v) is 3.32. The highest BCUT2D eigenvalue weighted by atomic mass is 16.5. The maximum Gasteiger partial charge on any atom is 0.191 e. The van der Waals surface area contributed by atoms with Crippen molar-refractivity contribution in [2.24, 2.45) is 4.99 Å². The van der Waals surface area contributed by atoms with Crippen LogP contribution >= 0.6 is 0 Å². The van der Waals surface area contributed by atoms with Gasteiger partial charge in [0, 0.05) is 25.6 Å². The summed E-state index contributed by atoms with van der Waals surface area (Å²) in [5.74, 6) is 1.74. The van der Waals surface area contributed by atoms with Gasteiger partial charge in [-0.15, -0.1) is 0 Å². The van der Waals surface area contributed by atoms with Gasteiger partial charge in [0.25, 0.3) is 0 Å². The molecule has 1 aromatic carbocycles. The molecule has 4 heteroatoms. The van der Waals surface area contributed by atoms with E-state index in [4.69, 9.17) is 4.74 Å². The fraction of sp³-hybridized carbons (Fsp3) is 0.562. The van der Waals surface area contributed by atoms with E-state index in [0.717, 1.165) is 31.2 Å². The lowest BCUT2D eigenvalue weighted by molar-refractivity contribution is 0.411. The Kier molecular flexibility index (Phi) is 6.36. The van der Waals surface area contributed by atoms with Crippen molar-refractivity contribution in [1.82, 2.24) is 10.6 Å². The molecule has 0 aliphatic heterocycles. The molecule has 0 aromatic heterocycles. The Labute approximate surface area is 122 Å². The maximum absolute atomic E-state index is 5.29. The van der Waals surface area contributed by atoms with Crippen LogP contribution in [0.25, 0.3) is 0 Å². The van der Waals surface area contributed by atoms with Gasteiger partial charge in [-0.05, 0) is 24.1 Å². The minimum atomic E-state index is -0.00161. The molecule has 112 valence electrons. The van der Waals surface area contributed by atoms with E-state index >= 15 is 0 Å². The lowest BCUT2D eigenvalue weighted by atomic mass is 9.84. The lowest BCUT2D eigenvalue weighted by Gasteiger charge is -2.27. The minimum Gasteiger partial charge on any atom is -0.497 e. The first-order valence-corrected chi connectivity index (χ1v) is 7.12. The highest BCUT2D eigenvalue weighted by molar-refractivity contribution is 5.79. The van der Waals surface area contributed by atoms with Crippen LogP contribution < -0.4 is 15.4 Å². The monoisotopic (exact) mass is 277 g/mol. The molecule has 0 fully saturated rings. The summed E-state index contributed by atoms with van der Waals surface area (Å²) in [6, 6.07) is 8.21. The maximum atomic E-state index is 5.29. The van der Waals surface area contributed by atoms with Gasteiger partial charge in [0.15, 0.2) is 5.96 Å². The number of hydrogen-bond acceptors (Lipinski definition) is 2. The van der Waals surface area contributed by atoms with Crippen molar-refractivity contribution < 1.29 is 4.74 Å². The van der Waals surface area contributed by atoms with E-state index in [-0.39, 0.29) is 5.41 Å². The van der Waals surface area contributed by atoms with Crippen LogP contribution in [0, 0.1) is 0 Å². The fourth-order valence-electron chi connectivity index (χ4n) is 1.91. The number of guanidine groups is 1. The van der Waals surface area contributed by atoms with Gasteiger partial charge in [0.2, 0.25) is 0 Å². The summed E-state index contributed by atoms with van der Waals surface area (Å²) in [5.41, 5.74) is 1.24. The molecule has 0 radical (unpaired) electrons. The van der Waals surface area contributed by atoms with E-state index in [2.05, 4.69) is 48.5 Å². The van der Waals surface area contributed by atoms with Gasteiger partial charge in [0.05, 0.1) is 7.11 Å². The quantitative estimate of drug-likeness (QED) is 0.620. The smallest absolute Gasteiger partial charge is 0.191 e. The Morgan fingerprint density at radius 1 is 1.30 bits per heavy atom. The molecule has 0 saturated carbocycles. The third kappa shape index (κ3) is 4.76. The van der Waals surface area contributed by atoms with Crippen LogP contribution in [0.5, 0.6) is 5.75 Å². The zero-order valence-electron chi connectivity index (χ0n) is 13.3. The summed E-state index contributed by atoms with van der Waals surface area (Å²) in [5, 5.41) is 6.66. The Balaban J connectivity index is 2.68. The zero-order valence-corrected chi connectivity index (χ0v) is 13.3. The van der Waals surface area contributed by atoms with Crippen molar-refractivity contribution in [2.75, 3.05) is 27.2 Å². The molecule has 4 nitrogen and oxygen atoms in total. The number of nitrogens with one attached hydrogen (secondary N) is 2. The van der Waals surface area contributed by atoms with Gasteiger partial charge < -0.3 is 15.4 Å². The molecule has 20 heavy (non-hydrogen) atoms. The highest BCUT2D eigenvalue weighted by Crippen LogP contribution is 2.25. The topological polar surface area (TPSA) is 45.7 Å². The number of nitrogens with zero attached hydrogens (tertiary/aromatic N) is 1. The van der Waals surface area contributed by atoms with Crippen molar-refractivity contribution in [3.05, 3.63) is 29.8 Å². The molecule has 0 spiro atoms. The minimum absolute atomic E-state index is 0.00161. The Morgan fingerprint density at radius 3 is 2.65 bits per heavy atom. The van der Waals surface area contributed by atoms with Gasteiger partial charge in [0.1, 0.15) is 5.75 Å². The summed E-state index contributed by atoms with van der Waals surface area (Å²) in [6.07, 6.45) is 1.08. The van der Waals surface area contributed by atoms with Crippen molar-refractivity contribution in [3.63, 3.8) is 0 Å². The largest absolute Gasteiger partial charge is 0.497 e. The first-order valence-electron chi connectivity index (χ1n) is 7.12. The van der Waals surface area contributed by atoms with Gasteiger partial charge in [-0.3, -0.25) is 4.99 Å². The second-order valence-electron chi connectivity index (χ2n) is 5.47. The van der Waals surface area contributed by atoms with Gasteiger partial charge in [-0.1, -0.05) is 32.9 Å². The predicted octanol–water partition coefficient (Wildman–Crippen LogP) is 2.55. The molecule has 0 amide bonds. The third-order valence-electron chi connectivity index (χ3n) is 3.32. The second-order valence-corrected chi connectivity index (χ2v) is 5.47. The molecule has 0 saturated heterocycles. The molecule has 0 aliphatic carbocycles. The standard InChI is InChI=1S/C16H27N3O/c1-6-10-18-15(17-4)19-12-16(2,3)13-8-7-9-14(11-13)20-5/h7-9,11H,6,10,12H2,1-5H3,(H2,17,18,19). The molecule has 0 heterocycles. The Bertz CT molecular complexity index is 441. The summed E-state index contributed by atoms with van der Waals surface area (Å²) >= 11 is 0. The highest BCUT2D eigenvalue weighted by Gasteiger charge is 2.21. The first kappa shape index (κ1) is 16.3. The Morgan fingerprint density at radius 2 is 2.05 bits per heavy atom. The Hall–Kier alpha value is -1.71. The van der Waals surface area contributed by atoms with Crippen LogP contribution in [-0.4, -0.2) is 33.2 Å². The van der Waals surface area contributed by atoms with Crippen LogP contribution in [0.2, 0.25) is 0 Å². The van der Waals surface area contributed by atoms with Crippen molar-refractivity contribution in [2.45, 2.75) is 32.6 Å².